The number of nitrogens with zero attached hydrogens (tertiary/aromatic N) is 4. The van der Waals surface area contributed by atoms with Crippen LogP contribution in [0.2, 0.25) is 5.02 Å². The van der Waals surface area contributed by atoms with Gasteiger partial charge in [0.1, 0.15) is 0 Å². The van der Waals surface area contributed by atoms with Crippen molar-refractivity contribution in [1.82, 2.24) is 14.8 Å². The van der Waals surface area contributed by atoms with Crippen LogP contribution in [0.5, 0.6) is 0 Å². The molecule has 0 aliphatic carbocycles. The molecule has 0 spiro atoms. The van der Waals surface area contributed by atoms with Gasteiger partial charge in [-0.3, -0.25) is 19.5 Å². The molecular formula is C22H18ClN5O4S. The van der Waals surface area contributed by atoms with Crippen LogP contribution in [0.3, 0.4) is 0 Å². The number of amides is 1. The largest absolute Gasteiger partial charge is 0.461 e. The second-order valence-electron chi connectivity index (χ2n) is 7.03. The summed E-state index contributed by atoms with van der Waals surface area (Å²) in [6.07, 6.45) is 1.56. The van der Waals surface area contributed by atoms with Gasteiger partial charge in [-0.1, -0.05) is 53.7 Å². The summed E-state index contributed by atoms with van der Waals surface area (Å²) in [5.41, 5.74) is 1.04. The van der Waals surface area contributed by atoms with Crippen LogP contribution >= 0.6 is 23.4 Å². The Morgan fingerprint density at radius 1 is 1.21 bits per heavy atom. The van der Waals surface area contributed by atoms with Gasteiger partial charge < -0.3 is 9.73 Å². The van der Waals surface area contributed by atoms with E-state index >= 15 is 0 Å². The number of anilines is 1. The fourth-order valence-corrected chi connectivity index (χ4v) is 4.05. The van der Waals surface area contributed by atoms with Gasteiger partial charge in [0, 0.05) is 12.1 Å². The number of thioether (sulfide) groups is 1. The zero-order valence-corrected chi connectivity index (χ0v) is 18.9. The van der Waals surface area contributed by atoms with Crippen molar-refractivity contribution in [2.24, 2.45) is 0 Å². The maximum atomic E-state index is 12.8. The molecule has 4 rings (SSSR count). The molecule has 9 nitrogen and oxygen atoms in total. The highest BCUT2D eigenvalue weighted by atomic mass is 35.5. The number of carbonyl (C=O) groups excluding carboxylic acids is 1. The lowest BCUT2D eigenvalue weighted by Gasteiger charge is -2.14. The van der Waals surface area contributed by atoms with Gasteiger partial charge in [-0.05, 0) is 30.7 Å². The van der Waals surface area contributed by atoms with E-state index in [9.17, 15) is 14.9 Å². The fraction of sp³-hybridized carbons (Fsp3) is 0.136. The van der Waals surface area contributed by atoms with E-state index < -0.39 is 10.2 Å². The number of nitro groups is 1. The van der Waals surface area contributed by atoms with Crippen LogP contribution in [0.4, 0.5) is 11.4 Å². The topological polar surface area (TPSA) is 116 Å². The maximum absolute atomic E-state index is 12.8. The molecule has 2 aromatic heterocycles. The number of hydrogen-bond donors (Lipinski definition) is 1. The van der Waals surface area contributed by atoms with Crippen molar-refractivity contribution in [1.29, 1.82) is 0 Å². The first-order chi connectivity index (χ1) is 15.9. The number of rotatable bonds is 8. The lowest BCUT2D eigenvalue weighted by molar-refractivity contribution is -0.384. The second kappa shape index (κ2) is 9.88. The quantitative estimate of drug-likeness (QED) is 0.206. The number of carbonyl (C=O) groups is 1. The first kappa shape index (κ1) is 22.6. The molecule has 11 heteroatoms. The van der Waals surface area contributed by atoms with E-state index in [1.54, 1.807) is 25.3 Å². The van der Waals surface area contributed by atoms with Crippen LogP contribution < -0.4 is 5.32 Å². The monoisotopic (exact) mass is 483 g/mol. The lowest BCUT2D eigenvalue weighted by Crippen LogP contribution is -2.23. The summed E-state index contributed by atoms with van der Waals surface area (Å²) < 4.78 is 7.38. The Labute approximate surface area is 197 Å². The highest BCUT2D eigenvalue weighted by Crippen LogP contribution is 2.30. The zero-order chi connectivity index (χ0) is 23.4. The molecule has 4 aromatic rings. The smallest absolute Gasteiger partial charge is 0.271 e. The molecular weight excluding hydrogens is 466 g/mol. The molecule has 0 radical (unpaired) electrons. The van der Waals surface area contributed by atoms with Crippen molar-refractivity contribution in [2.75, 3.05) is 5.32 Å². The Bertz CT molecular complexity index is 1280. The average Bonchev–Trinajstić information content (AvgIpc) is 3.46. The highest BCUT2D eigenvalue weighted by Gasteiger charge is 2.23. The van der Waals surface area contributed by atoms with E-state index in [1.807, 2.05) is 34.9 Å². The van der Waals surface area contributed by atoms with Gasteiger partial charge in [-0.2, -0.15) is 0 Å². The van der Waals surface area contributed by atoms with Gasteiger partial charge in [0.15, 0.2) is 10.9 Å². The van der Waals surface area contributed by atoms with Crippen LogP contribution in [0.1, 0.15) is 12.5 Å². The minimum Gasteiger partial charge on any atom is -0.461 e. The zero-order valence-electron chi connectivity index (χ0n) is 17.3. The third kappa shape index (κ3) is 5.24. The van der Waals surface area contributed by atoms with Crippen molar-refractivity contribution in [3.05, 3.63) is 87.6 Å². The minimum atomic E-state index is -0.594. The lowest BCUT2D eigenvalue weighted by atomic mass is 10.2. The molecule has 2 heterocycles. The van der Waals surface area contributed by atoms with Crippen LogP contribution in [0.15, 0.2) is 76.5 Å². The number of benzene rings is 2. The summed E-state index contributed by atoms with van der Waals surface area (Å²) in [5.74, 6) is 0.725. The molecule has 1 amide bonds. The van der Waals surface area contributed by atoms with Gasteiger partial charge in [-0.25, -0.2) is 0 Å². The molecule has 0 saturated carbocycles. The maximum Gasteiger partial charge on any atom is 0.271 e. The minimum absolute atomic E-state index is 0.166. The molecule has 33 heavy (non-hydrogen) atoms. The van der Waals surface area contributed by atoms with Crippen LogP contribution in [0.25, 0.3) is 11.6 Å². The molecule has 1 unspecified atom stereocenters. The first-order valence-corrected chi connectivity index (χ1v) is 11.1. The predicted octanol–water partition coefficient (Wildman–Crippen LogP) is 5.27. The highest BCUT2D eigenvalue weighted by molar-refractivity contribution is 8.00. The molecule has 1 N–H and O–H groups in total. The second-order valence-corrected chi connectivity index (χ2v) is 8.74. The Kier molecular flexibility index (Phi) is 6.76. The first-order valence-electron chi connectivity index (χ1n) is 9.85. The molecule has 0 saturated heterocycles. The average molecular weight is 484 g/mol. The predicted molar refractivity (Wildman–Crippen MR) is 125 cm³/mol. The van der Waals surface area contributed by atoms with E-state index in [2.05, 4.69) is 15.5 Å². The van der Waals surface area contributed by atoms with Crippen LogP contribution in [-0.2, 0) is 11.3 Å². The van der Waals surface area contributed by atoms with Crippen LogP contribution in [-0.4, -0.2) is 30.8 Å². The van der Waals surface area contributed by atoms with Gasteiger partial charge in [0.25, 0.3) is 5.69 Å². The Balaban J connectivity index is 1.56. The standard InChI is InChI=1S/C22H18ClN5O4S/c1-14(21(29)24-18-12-16(28(30)31)9-10-17(18)23)33-22-26-25-20(19-8-5-11-32-19)27(22)13-15-6-3-2-4-7-15/h2-12,14H,13H2,1H3,(H,24,29). The van der Waals surface area contributed by atoms with Gasteiger partial charge in [-0.15, -0.1) is 10.2 Å². The van der Waals surface area contributed by atoms with E-state index in [0.29, 0.717) is 23.3 Å². The van der Waals surface area contributed by atoms with Gasteiger partial charge in [0.05, 0.1) is 33.7 Å². The molecule has 1 atom stereocenters. The molecule has 0 aliphatic rings. The Morgan fingerprint density at radius 3 is 2.70 bits per heavy atom. The molecule has 168 valence electrons. The molecule has 0 aliphatic heterocycles. The number of furan rings is 1. The third-order valence-corrected chi connectivity index (χ3v) is 6.12. The summed E-state index contributed by atoms with van der Waals surface area (Å²) in [6, 6.07) is 17.2. The fourth-order valence-electron chi connectivity index (χ4n) is 3.04. The Morgan fingerprint density at radius 2 is 2.00 bits per heavy atom. The van der Waals surface area contributed by atoms with Crippen molar-refractivity contribution in [3.63, 3.8) is 0 Å². The Hall–Kier alpha value is -3.63. The number of nitro benzene ring substituents is 1. The van der Waals surface area contributed by atoms with E-state index in [4.69, 9.17) is 16.0 Å². The summed E-state index contributed by atoms with van der Waals surface area (Å²) in [4.78, 5) is 23.3. The number of hydrogen-bond acceptors (Lipinski definition) is 7. The van der Waals surface area contributed by atoms with Crippen molar-refractivity contribution < 1.29 is 14.1 Å². The van der Waals surface area contributed by atoms with Crippen LogP contribution in [0, 0.1) is 10.1 Å². The number of aromatic nitrogens is 3. The summed E-state index contributed by atoms with van der Waals surface area (Å²) in [5, 5.41) is 22.4. The number of halogens is 1. The van der Waals surface area contributed by atoms with E-state index in [-0.39, 0.29) is 22.3 Å². The number of nitrogens with one attached hydrogen (secondary N) is 1. The molecule has 2 aromatic carbocycles. The van der Waals surface area contributed by atoms with Crippen molar-refractivity contribution in [3.8, 4) is 11.6 Å². The SMILES string of the molecule is CC(Sc1nnc(-c2ccco2)n1Cc1ccccc1)C(=O)Nc1cc([N+](=O)[O-])ccc1Cl. The number of non-ortho nitro benzene ring substituents is 1. The van der Waals surface area contributed by atoms with E-state index in [0.717, 1.165) is 5.56 Å². The molecule has 0 fully saturated rings. The molecule has 0 bridgehead atoms. The summed E-state index contributed by atoms with van der Waals surface area (Å²) in [7, 11) is 0. The van der Waals surface area contributed by atoms with E-state index in [1.165, 1.54) is 30.0 Å². The van der Waals surface area contributed by atoms with Crippen molar-refractivity contribution >= 4 is 40.6 Å². The third-order valence-electron chi connectivity index (χ3n) is 4.71. The summed E-state index contributed by atoms with van der Waals surface area (Å²) in [6.45, 7) is 2.19. The van der Waals surface area contributed by atoms with Crippen molar-refractivity contribution in [2.45, 2.75) is 23.9 Å². The summed E-state index contributed by atoms with van der Waals surface area (Å²) >= 11 is 7.31. The normalized spacial score (nSPS) is 11.8. The van der Waals surface area contributed by atoms with Gasteiger partial charge >= 0.3 is 0 Å². The van der Waals surface area contributed by atoms with Gasteiger partial charge in [0.2, 0.25) is 11.7 Å².